The molecule has 1 aliphatic heterocycles. The molecule has 2 nitrogen and oxygen atoms in total. The van der Waals surface area contributed by atoms with Crippen molar-refractivity contribution in [3.63, 3.8) is 0 Å². The van der Waals surface area contributed by atoms with E-state index in [1.165, 1.54) is 6.07 Å². The molecular weight excluding hydrogens is 193 g/mol. The topological polar surface area (TPSA) is 21.3 Å². The Hall–Kier alpha value is -0.640. The van der Waals surface area contributed by atoms with Crippen LogP contribution in [0.1, 0.15) is 18.0 Å². The molecule has 2 rings (SSSR count). The summed E-state index contributed by atoms with van der Waals surface area (Å²) in [5, 5.41) is 0.417. The highest BCUT2D eigenvalue weighted by Crippen LogP contribution is 2.25. The number of hydrogen-bond acceptors (Lipinski definition) is 2. The van der Waals surface area contributed by atoms with Gasteiger partial charge < -0.3 is 4.84 Å². The SMILES string of the molecule is Fc1cc(Cl)ccc1[C@H]1CCON1. The van der Waals surface area contributed by atoms with E-state index in [-0.39, 0.29) is 11.9 Å². The van der Waals surface area contributed by atoms with E-state index in [0.29, 0.717) is 17.2 Å². The molecule has 1 N–H and O–H groups in total. The van der Waals surface area contributed by atoms with Crippen LogP contribution in [0, 0.1) is 5.82 Å². The van der Waals surface area contributed by atoms with Crippen LogP contribution in [0.3, 0.4) is 0 Å². The zero-order chi connectivity index (χ0) is 9.26. The number of rotatable bonds is 1. The van der Waals surface area contributed by atoms with E-state index in [1.54, 1.807) is 12.1 Å². The molecule has 0 unspecified atom stereocenters. The normalized spacial score (nSPS) is 22.2. The zero-order valence-electron chi connectivity index (χ0n) is 6.89. The largest absolute Gasteiger partial charge is 0.301 e. The Bertz CT molecular complexity index is 312. The number of hydroxylamine groups is 1. The van der Waals surface area contributed by atoms with Crippen LogP contribution < -0.4 is 5.48 Å². The zero-order valence-corrected chi connectivity index (χ0v) is 7.64. The van der Waals surface area contributed by atoms with E-state index in [1.807, 2.05) is 0 Å². The average Bonchev–Trinajstić information content (AvgIpc) is 2.56. The van der Waals surface area contributed by atoms with Crippen LogP contribution >= 0.6 is 11.6 Å². The van der Waals surface area contributed by atoms with E-state index in [2.05, 4.69) is 5.48 Å². The minimum atomic E-state index is -0.282. The third kappa shape index (κ3) is 1.82. The molecule has 1 atom stereocenters. The first-order chi connectivity index (χ1) is 6.27. The maximum atomic E-state index is 13.3. The van der Waals surface area contributed by atoms with Crippen molar-refractivity contribution in [2.45, 2.75) is 12.5 Å². The predicted molar refractivity (Wildman–Crippen MR) is 47.9 cm³/mol. The Balaban J connectivity index is 2.29. The average molecular weight is 202 g/mol. The Labute approximate surface area is 80.6 Å². The van der Waals surface area contributed by atoms with Crippen molar-refractivity contribution >= 4 is 11.6 Å². The molecule has 1 heterocycles. The van der Waals surface area contributed by atoms with Crippen LogP contribution in [-0.4, -0.2) is 6.61 Å². The van der Waals surface area contributed by atoms with Gasteiger partial charge in [0, 0.05) is 10.6 Å². The van der Waals surface area contributed by atoms with E-state index in [0.717, 1.165) is 6.42 Å². The molecule has 0 amide bonds. The van der Waals surface area contributed by atoms with Gasteiger partial charge in [-0.25, -0.2) is 4.39 Å². The Morgan fingerprint density at radius 1 is 1.54 bits per heavy atom. The highest BCUT2D eigenvalue weighted by molar-refractivity contribution is 6.30. The molecule has 1 aromatic rings. The Morgan fingerprint density at radius 3 is 3.00 bits per heavy atom. The molecule has 70 valence electrons. The summed E-state index contributed by atoms with van der Waals surface area (Å²) in [5.74, 6) is -0.282. The van der Waals surface area contributed by atoms with Gasteiger partial charge in [0.25, 0.3) is 0 Å². The van der Waals surface area contributed by atoms with Crippen LogP contribution in [0.25, 0.3) is 0 Å². The second kappa shape index (κ2) is 3.62. The molecule has 0 saturated carbocycles. The summed E-state index contributed by atoms with van der Waals surface area (Å²) >= 11 is 5.63. The first-order valence-electron chi connectivity index (χ1n) is 4.09. The van der Waals surface area contributed by atoms with Gasteiger partial charge in [0.2, 0.25) is 0 Å². The highest BCUT2D eigenvalue weighted by Gasteiger charge is 2.20. The van der Waals surface area contributed by atoms with Crippen LogP contribution in [0.15, 0.2) is 18.2 Å². The summed E-state index contributed by atoms with van der Waals surface area (Å²) in [7, 11) is 0. The maximum absolute atomic E-state index is 13.3. The molecule has 0 bridgehead atoms. The summed E-state index contributed by atoms with van der Waals surface area (Å²) in [5.41, 5.74) is 3.36. The van der Waals surface area contributed by atoms with Crippen molar-refractivity contribution in [2.24, 2.45) is 0 Å². The first kappa shape index (κ1) is 8.94. The number of nitrogens with one attached hydrogen (secondary N) is 1. The number of hydrogen-bond donors (Lipinski definition) is 1. The van der Waals surface area contributed by atoms with Gasteiger partial charge in [0.15, 0.2) is 0 Å². The summed E-state index contributed by atoms with van der Waals surface area (Å²) in [6, 6.07) is 4.64. The highest BCUT2D eigenvalue weighted by atomic mass is 35.5. The van der Waals surface area contributed by atoms with Gasteiger partial charge in [-0.1, -0.05) is 17.7 Å². The molecule has 0 radical (unpaired) electrons. The van der Waals surface area contributed by atoms with Crippen LogP contribution in [0.2, 0.25) is 5.02 Å². The van der Waals surface area contributed by atoms with Crippen molar-refractivity contribution in [2.75, 3.05) is 6.61 Å². The molecular formula is C9H9ClFNO. The second-order valence-corrected chi connectivity index (χ2v) is 3.41. The molecule has 0 aromatic heterocycles. The lowest BCUT2D eigenvalue weighted by Crippen LogP contribution is -2.12. The third-order valence-electron chi connectivity index (χ3n) is 2.07. The van der Waals surface area contributed by atoms with Crippen molar-refractivity contribution in [3.05, 3.63) is 34.6 Å². The first-order valence-corrected chi connectivity index (χ1v) is 4.47. The fourth-order valence-corrected chi connectivity index (χ4v) is 1.56. The predicted octanol–water partition coefficient (Wildman–Crippen LogP) is 2.45. The molecule has 1 aromatic carbocycles. The fourth-order valence-electron chi connectivity index (χ4n) is 1.40. The standard InChI is InChI=1S/C9H9ClFNO/c10-6-1-2-7(8(11)5-6)9-3-4-13-12-9/h1-2,5,9,12H,3-4H2/t9-/m1/s1. The Morgan fingerprint density at radius 2 is 2.38 bits per heavy atom. The van der Waals surface area contributed by atoms with Gasteiger partial charge in [0.1, 0.15) is 5.82 Å². The monoisotopic (exact) mass is 201 g/mol. The summed E-state index contributed by atoms with van der Waals surface area (Å²) in [4.78, 5) is 4.95. The van der Waals surface area contributed by atoms with E-state index in [9.17, 15) is 4.39 Å². The Kier molecular flexibility index (Phi) is 2.49. The third-order valence-corrected chi connectivity index (χ3v) is 2.31. The van der Waals surface area contributed by atoms with Gasteiger partial charge in [0.05, 0.1) is 12.6 Å². The smallest absolute Gasteiger partial charge is 0.129 e. The molecule has 4 heteroatoms. The maximum Gasteiger partial charge on any atom is 0.129 e. The van der Waals surface area contributed by atoms with Gasteiger partial charge in [-0.3, -0.25) is 0 Å². The van der Waals surface area contributed by atoms with Crippen molar-refractivity contribution < 1.29 is 9.23 Å². The quantitative estimate of drug-likeness (QED) is 0.754. The number of halogens is 2. The van der Waals surface area contributed by atoms with E-state index < -0.39 is 0 Å². The number of benzene rings is 1. The van der Waals surface area contributed by atoms with Crippen molar-refractivity contribution in [3.8, 4) is 0 Å². The second-order valence-electron chi connectivity index (χ2n) is 2.97. The van der Waals surface area contributed by atoms with Gasteiger partial charge in [-0.15, -0.1) is 0 Å². The van der Waals surface area contributed by atoms with E-state index >= 15 is 0 Å². The van der Waals surface area contributed by atoms with Crippen LogP contribution in [0.5, 0.6) is 0 Å². The lowest BCUT2D eigenvalue weighted by molar-refractivity contribution is 0.0877. The minimum Gasteiger partial charge on any atom is -0.301 e. The molecule has 1 fully saturated rings. The summed E-state index contributed by atoms with van der Waals surface area (Å²) in [6.07, 6.45) is 0.790. The van der Waals surface area contributed by atoms with Gasteiger partial charge >= 0.3 is 0 Å². The van der Waals surface area contributed by atoms with Crippen molar-refractivity contribution in [1.82, 2.24) is 5.48 Å². The molecule has 13 heavy (non-hydrogen) atoms. The minimum absolute atomic E-state index is 0.0442. The van der Waals surface area contributed by atoms with Crippen molar-refractivity contribution in [1.29, 1.82) is 0 Å². The fraction of sp³-hybridized carbons (Fsp3) is 0.333. The summed E-state index contributed by atoms with van der Waals surface area (Å²) < 4.78 is 13.3. The lowest BCUT2D eigenvalue weighted by atomic mass is 10.1. The van der Waals surface area contributed by atoms with Gasteiger partial charge in [-0.2, -0.15) is 5.48 Å². The lowest BCUT2D eigenvalue weighted by Gasteiger charge is -2.09. The van der Waals surface area contributed by atoms with Gasteiger partial charge in [-0.05, 0) is 18.6 Å². The van der Waals surface area contributed by atoms with Crippen LogP contribution in [0.4, 0.5) is 4.39 Å². The summed E-state index contributed by atoms with van der Waals surface area (Å²) in [6.45, 7) is 0.618. The van der Waals surface area contributed by atoms with E-state index in [4.69, 9.17) is 16.4 Å². The molecule has 1 aliphatic rings. The molecule has 0 spiro atoms. The molecule has 0 aliphatic carbocycles. The molecule has 1 saturated heterocycles. The van der Waals surface area contributed by atoms with Crippen LogP contribution in [-0.2, 0) is 4.84 Å².